The maximum atomic E-state index is 13.8. The van der Waals surface area contributed by atoms with Gasteiger partial charge in [-0.3, -0.25) is 9.69 Å². The van der Waals surface area contributed by atoms with Gasteiger partial charge in [0.2, 0.25) is 5.91 Å². The monoisotopic (exact) mass is 334 g/mol. The lowest BCUT2D eigenvalue weighted by atomic mass is 9.96. The summed E-state index contributed by atoms with van der Waals surface area (Å²) < 4.78 is 13.8. The molecule has 1 aromatic carbocycles. The van der Waals surface area contributed by atoms with E-state index in [1.54, 1.807) is 12.1 Å². The van der Waals surface area contributed by atoms with Crippen molar-refractivity contribution in [2.75, 3.05) is 26.2 Å². The second-order valence-electron chi connectivity index (χ2n) is 7.11. The van der Waals surface area contributed by atoms with Gasteiger partial charge in [-0.15, -0.1) is 0 Å². The maximum absolute atomic E-state index is 13.8. The van der Waals surface area contributed by atoms with Gasteiger partial charge in [0.25, 0.3) is 0 Å². The Hall–Kier alpha value is -1.46. The Morgan fingerprint density at radius 2 is 1.96 bits per heavy atom. The first kappa shape index (κ1) is 17.4. The Morgan fingerprint density at radius 3 is 2.58 bits per heavy atom. The second-order valence-corrected chi connectivity index (χ2v) is 7.11. The van der Waals surface area contributed by atoms with Crippen molar-refractivity contribution in [3.63, 3.8) is 0 Å². The average molecular weight is 334 g/mol. The molecule has 2 aliphatic rings. The number of aliphatic hydroxyl groups excluding tert-OH is 1. The number of rotatable bonds is 4. The largest absolute Gasteiger partial charge is 0.391 e. The number of hydrogen-bond acceptors (Lipinski definition) is 3. The summed E-state index contributed by atoms with van der Waals surface area (Å²) in [5.41, 5.74) is 0.610. The molecule has 0 radical (unpaired) electrons. The molecule has 132 valence electrons. The first-order valence-corrected chi connectivity index (χ1v) is 9.00. The van der Waals surface area contributed by atoms with Crippen molar-refractivity contribution >= 4 is 5.91 Å². The molecule has 1 amide bonds. The normalized spacial score (nSPS) is 26.5. The highest BCUT2D eigenvalue weighted by molar-refractivity contribution is 5.77. The molecule has 1 aliphatic carbocycles. The van der Waals surface area contributed by atoms with E-state index >= 15 is 0 Å². The minimum atomic E-state index is -0.238. The van der Waals surface area contributed by atoms with E-state index in [1.165, 1.54) is 6.07 Å². The zero-order chi connectivity index (χ0) is 17.1. The lowest BCUT2D eigenvalue weighted by molar-refractivity contribution is -0.133. The van der Waals surface area contributed by atoms with Gasteiger partial charge in [0.1, 0.15) is 5.82 Å². The lowest BCUT2D eigenvalue weighted by Gasteiger charge is -2.39. The molecule has 4 nitrogen and oxygen atoms in total. The molecule has 1 aromatic rings. The van der Waals surface area contributed by atoms with Crippen molar-refractivity contribution in [1.82, 2.24) is 9.80 Å². The quantitative estimate of drug-likeness (QED) is 0.919. The molecule has 0 spiro atoms. The van der Waals surface area contributed by atoms with Crippen LogP contribution in [0.3, 0.4) is 0 Å². The van der Waals surface area contributed by atoms with E-state index in [1.807, 2.05) is 17.9 Å². The average Bonchev–Trinajstić information content (AvgIpc) is 3.01. The van der Waals surface area contributed by atoms with Crippen LogP contribution in [0.25, 0.3) is 0 Å². The van der Waals surface area contributed by atoms with Crippen LogP contribution in [0.15, 0.2) is 24.3 Å². The van der Waals surface area contributed by atoms with Crippen LogP contribution in [0, 0.1) is 5.82 Å². The Morgan fingerprint density at radius 1 is 1.25 bits per heavy atom. The van der Waals surface area contributed by atoms with E-state index in [2.05, 4.69) is 4.90 Å². The van der Waals surface area contributed by atoms with Crippen molar-refractivity contribution in [1.29, 1.82) is 0 Å². The Kier molecular flexibility index (Phi) is 5.51. The van der Waals surface area contributed by atoms with Gasteiger partial charge in [0.15, 0.2) is 0 Å². The number of halogens is 1. The van der Waals surface area contributed by atoms with E-state index in [-0.39, 0.29) is 29.8 Å². The number of aliphatic hydroxyl groups is 1. The van der Waals surface area contributed by atoms with Crippen molar-refractivity contribution in [3.05, 3.63) is 35.6 Å². The molecule has 3 atom stereocenters. The number of carbonyl (C=O) groups is 1. The first-order chi connectivity index (χ1) is 11.6. The zero-order valence-electron chi connectivity index (χ0n) is 14.3. The molecule has 0 unspecified atom stereocenters. The predicted molar refractivity (Wildman–Crippen MR) is 91.2 cm³/mol. The fraction of sp³-hybridized carbons (Fsp3) is 0.632. The second kappa shape index (κ2) is 7.62. The van der Waals surface area contributed by atoms with Gasteiger partial charge in [-0.05, 0) is 36.8 Å². The Balaban J connectivity index is 1.51. The van der Waals surface area contributed by atoms with Gasteiger partial charge < -0.3 is 10.0 Å². The van der Waals surface area contributed by atoms with Crippen molar-refractivity contribution in [2.24, 2.45) is 0 Å². The SMILES string of the molecule is C[C@H](CC(=O)N1CCN([C@H]2CCC[C@@H]2O)CC1)c1ccccc1F. The third-order valence-corrected chi connectivity index (χ3v) is 5.50. The maximum Gasteiger partial charge on any atom is 0.223 e. The summed E-state index contributed by atoms with van der Waals surface area (Å²) in [5, 5.41) is 10.0. The molecule has 2 fully saturated rings. The van der Waals surface area contributed by atoms with Gasteiger partial charge in [-0.2, -0.15) is 0 Å². The smallest absolute Gasteiger partial charge is 0.223 e. The van der Waals surface area contributed by atoms with Gasteiger partial charge in [0.05, 0.1) is 6.10 Å². The van der Waals surface area contributed by atoms with Gasteiger partial charge in [-0.25, -0.2) is 4.39 Å². The number of benzene rings is 1. The lowest BCUT2D eigenvalue weighted by Crippen LogP contribution is -2.53. The summed E-state index contributed by atoms with van der Waals surface area (Å²) in [5.74, 6) is -0.261. The van der Waals surface area contributed by atoms with Crippen LogP contribution >= 0.6 is 0 Å². The molecule has 0 bridgehead atoms. The van der Waals surface area contributed by atoms with E-state index < -0.39 is 0 Å². The molecule has 1 aliphatic heterocycles. The minimum Gasteiger partial charge on any atom is -0.391 e. The summed E-state index contributed by atoms with van der Waals surface area (Å²) in [4.78, 5) is 16.7. The molecule has 5 heteroatoms. The summed E-state index contributed by atoms with van der Waals surface area (Å²) in [7, 11) is 0. The van der Waals surface area contributed by atoms with Crippen molar-refractivity contribution in [3.8, 4) is 0 Å². The van der Waals surface area contributed by atoms with Crippen LogP contribution in [-0.4, -0.2) is 59.1 Å². The predicted octanol–water partition coefficient (Wildman–Crippen LogP) is 2.38. The highest BCUT2D eigenvalue weighted by Crippen LogP contribution is 2.26. The molecule has 0 aromatic heterocycles. The molecule has 1 saturated heterocycles. The highest BCUT2D eigenvalue weighted by atomic mass is 19.1. The van der Waals surface area contributed by atoms with E-state index in [0.717, 1.165) is 32.4 Å². The third-order valence-electron chi connectivity index (χ3n) is 5.50. The van der Waals surface area contributed by atoms with Crippen LogP contribution in [-0.2, 0) is 4.79 Å². The highest BCUT2D eigenvalue weighted by Gasteiger charge is 2.33. The molecule has 1 saturated carbocycles. The minimum absolute atomic E-state index is 0.0948. The van der Waals surface area contributed by atoms with E-state index in [9.17, 15) is 14.3 Å². The van der Waals surface area contributed by atoms with Gasteiger partial charge in [0, 0.05) is 38.6 Å². The summed E-state index contributed by atoms with van der Waals surface area (Å²) in [6.07, 6.45) is 3.16. The van der Waals surface area contributed by atoms with E-state index in [4.69, 9.17) is 0 Å². The summed E-state index contributed by atoms with van der Waals surface area (Å²) >= 11 is 0. The molecule has 24 heavy (non-hydrogen) atoms. The van der Waals surface area contributed by atoms with Crippen molar-refractivity contribution in [2.45, 2.75) is 50.7 Å². The Labute approximate surface area is 143 Å². The first-order valence-electron chi connectivity index (χ1n) is 9.00. The third kappa shape index (κ3) is 3.78. The number of hydrogen-bond donors (Lipinski definition) is 1. The fourth-order valence-electron chi connectivity index (χ4n) is 4.03. The zero-order valence-corrected chi connectivity index (χ0v) is 14.3. The molecular formula is C19H27FN2O2. The Bertz CT molecular complexity index is 572. The van der Waals surface area contributed by atoms with Crippen LogP contribution in [0.4, 0.5) is 4.39 Å². The number of carbonyl (C=O) groups excluding carboxylic acids is 1. The van der Waals surface area contributed by atoms with Crippen molar-refractivity contribution < 1.29 is 14.3 Å². The molecule has 1 heterocycles. The van der Waals surface area contributed by atoms with Crippen LogP contribution in [0.5, 0.6) is 0 Å². The van der Waals surface area contributed by atoms with Crippen LogP contribution in [0.1, 0.15) is 44.1 Å². The number of amides is 1. The van der Waals surface area contributed by atoms with Gasteiger partial charge >= 0.3 is 0 Å². The number of nitrogens with zero attached hydrogens (tertiary/aromatic N) is 2. The van der Waals surface area contributed by atoms with E-state index in [0.29, 0.717) is 25.1 Å². The molecule has 1 N–H and O–H groups in total. The molecular weight excluding hydrogens is 307 g/mol. The fourth-order valence-corrected chi connectivity index (χ4v) is 4.03. The van der Waals surface area contributed by atoms with Crippen LogP contribution in [0.2, 0.25) is 0 Å². The topological polar surface area (TPSA) is 43.8 Å². The summed E-state index contributed by atoms with van der Waals surface area (Å²) in [6, 6.07) is 6.95. The van der Waals surface area contributed by atoms with Crippen LogP contribution < -0.4 is 0 Å². The number of piperazine rings is 1. The summed E-state index contributed by atoms with van der Waals surface area (Å²) in [6.45, 7) is 4.95. The molecule has 3 rings (SSSR count). The standard InChI is InChI=1S/C19H27FN2O2/c1-14(15-5-2-3-6-16(15)20)13-19(24)22-11-9-21(10-12-22)17-7-4-8-18(17)23/h2-3,5-6,14,17-18,23H,4,7-13H2,1H3/t14-,17+,18+/m1/s1. The van der Waals surface area contributed by atoms with Gasteiger partial charge in [-0.1, -0.05) is 25.1 Å².